The van der Waals surface area contributed by atoms with Crippen LogP contribution in [0.5, 0.6) is 0 Å². The quantitative estimate of drug-likeness (QED) is 0.675. The first-order valence-corrected chi connectivity index (χ1v) is 12.4. The number of piperidine rings is 1. The van der Waals surface area contributed by atoms with E-state index in [0.29, 0.717) is 17.9 Å². The molecule has 1 N–H and O–H groups in total. The summed E-state index contributed by atoms with van der Waals surface area (Å²) >= 11 is 0. The number of aromatic nitrogens is 2. The van der Waals surface area contributed by atoms with E-state index >= 15 is 0 Å². The van der Waals surface area contributed by atoms with Crippen LogP contribution in [0.15, 0.2) is 23.0 Å². The lowest BCUT2D eigenvalue weighted by atomic mass is 9.86. The predicted molar refractivity (Wildman–Crippen MR) is 129 cm³/mol. The van der Waals surface area contributed by atoms with Crippen LogP contribution in [0.2, 0.25) is 0 Å². The zero-order valence-corrected chi connectivity index (χ0v) is 20.2. The molecule has 1 aromatic carbocycles. The van der Waals surface area contributed by atoms with Gasteiger partial charge in [0.25, 0.3) is 0 Å². The van der Waals surface area contributed by atoms with E-state index in [0.717, 1.165) is 75.5 Å². The second kappa shape index (κ2) is 9.84. The number of H-pyrrole nitrogens is 1. The minimum Gasteiger partial charge on any atom is -0.378 e. The summed E-state index contributed by atoms with van der Waals surface area (Å²) in [4.78, 5) is 42.5. The third-order valence-corrected chi connectivity index (χ3v) is 7.93. The van der Waals surface area contributed by atoms with Crippen LogP contribution in [-0.4, -0.2) is 51.9 Å². The standard InChI is InChI=1S/C26H37N3O4/c1-18(30)20-9-11-23-22(17-20)27-25(32)29(23)21-7-5-4-6-19(8-10-21)16-24(31)28-14-12-26(2,33-3)13-15-28/h9,11,17,19,21H,4-8,10,12-16H2,1-3H3,(H,27,32). The smallest absolute Gasteiger partial charge is 0.326 e. The van der Waals surface area contributed by atoms with E-state index in [4.69, 9.17) is 4.74 Å². The van der Waals surface area contributed by atoms with Crippen molar-refractivity contribution < 1.29 is 14.3 Å². The minimum absolute atomic E-state index is 0.00971. The molecule has 2 heterocycles. The maximum absolute atomic E-state index is 13.0. The molecule has 2 aromatic rings. The Balaban J connectivity index is 1.42. The van der Waals surface area contributed by atoms with Gasteiger partial charge >= 0.3 is 5.69 Å². The van der Waals surface area contributed by atoms with Crippen molar-refractivity contribution in [3.8, 4) is 0 Å². The fourth-order valence-electron chi connectivity index (χ4n) is 5.51. The Kier molecular flexibility index (Phi) is 7.07. The van der Waals surface area contributed by atoms with Crippen LogP contribution >= 0.6 is 0 Å². The summed E-state index contributed by atoms with van der Waals surface area (Å²) in [5.41, 5.74) is 1.96. The Bertz CT molecular complexity index is 1060. The number of likely N-dealkylation sites (tertiary alicyclic amines) is 1. The molecule has 1 saturated heterocycles. The average Bonchev–Trinajstić information content (AvgIpc) is 3.11. The summed E-state index contributed by atoms with van der Waals surface area (Å²) in [6.45, 7) is 5.20. The van der Waals surface area contributed by atoms with Crippen molar-refractivity contribution in [1.29, 1.82) is 0 Å². The first-order valence-electron chi connectivity index (χ1n) is 12.4. The molecule has 0 radical (unpaired) electrons. The van der Waals surface area contributed by atoms with Gasteiger partial charge in [0.15, 0.2) is 5.78 Å². The highest BCUT2D eigenvalue weighted by Crippen LogP contribution is 2.33. The van der Waals surface area contributed by atoms with Gasteiger partial charge in [0.1, 0.15) is 0 Å². The van der Waals surface area contributed by atoms with Gasteiger partial charge in [-0.15, -0.1) is 0 Å². The van der Waals surface area contributed by atoms with Crippen molar-refractivity contribution in [2.45, 2.75) is 83.3 Å². The minimum atomic E-state index is -0.113. The van der Waals surface area contributed by atoms with Gasteiger partial charge in [-0.25, -0.2) is 4.79 Å². The van der Waals surface area contributed by atoms with Crippen LogP contribution < -0.4 is 5.69 Å². The Morgan fingerprint density at radius 2 is 1.85 bits per heavy atom. The molecule has 1 amide bonds. The number of methoxy groups -OCH3 is 1. The van der Waals surface area contributed by atoms with Gasteiger partial charge in [0, 0.05) is 38.2 Å². The number of carbonyl (C=O) groups excluding carboxylic acids is 2. The monoisotopic (exact) mass is 455 g/mol. The van der Waals surface area contributed by atoms with Gasteiger partial charge in [-0.3, -0.25) is 14.2 Å². The second-order valence-corrected chi connectivity index (χ2v) is 10.2. The summed E-state index contributed by atoms with van der Waals surface area (Å²) in [6, 6.07) is 5.57. The zero-order valence-electron chi connectivity index (χ0n) is 20.2. The number of hydrogen-bond donors (Lipinski definition) is 1. The highest BCUT2D eigenvalue weighted by Gasteiger charge is 2.32. The molecule has 1 saturated carbocycles. The predicted octanol–water partition coefficient (Wildman–Crippen LogP) is 4.46. The summed E-state index contributed by atoms with van der Waals surface area (Å²) in [5.74, 6) is 0.613. The van der Waals surface area contributed by atoms with Crippen LogP contribution in [0.4, 0.5) is 0 Å². The molecule has 2 fully saturated rings. The molecule has 0 spiro atoms. The molecule has 1 aromatic heterocycles. The third-order valence-electron chi connectivity index (χ3n) is 7.93. The number of benzene rings is 1. The molecule has 1 aliphatic heterocycles. The average molecular weight is 456 g/mol. The number of Topliss-reactive ketones (excluding diaryl/α,β-unsaturated/α-hetero) is 1. The van der Waals surface area contributed by atoms with Crippen molar-refractivity contribution in [2.24, 2.45) is 5.92 Å². The van der Waals surface area contributed by atoms with Crippen molar-refractivity contribution in [1.82, 2.24) is 14.5 Å². The number of nitrogens with zero attached hydrogens (tertiary/aromatic N) is 2. The molecular formula is C26H37N3O4. The summed E-state index contributed by atoms with van der Waals surface area (Å²) < 4.78 is 7.48. The highest BCUT2D eigenvalue weighted by atomic mass is 16.5. The number of rotatable bonds is 5. The molecule has 4 rings (SSSR count). The van der Waals surface area contributed by atoms with E-state index in [9.17, 15) is 14.4 Å². The normalized spacial score (nSPS) is 23.8. The Morgan fingerprint density at radius 1 is 1.12 bits per heavy atom. The number of amides is 1. The van der Waals surface area contributed by atoms with Gasteiger partial charge in [-0.1, -0.05) is 12.8 Å². The van der Waals surface area contributed by atoms with Gasteiger partial charge in [-0.05, 0) is 76.5 Å². The number of aromatic amines is 1. The molecule has 2 aliphatic rings. The van der Waals surface area contributed by atoms with Gasteiger partial charge < -0.3 is 14.6 Å². The molecule has 33 heavy (non-hydrogen) atoms. The Hall–Kier alpha value is -2.41. The van der Waals surface area contributed by atoms with Crippen LogP contribution in [0.1, 0.15) is 88.0 Å². The number of ketones is 1. The lowest BCUT2D eigenvalue weighted by Crippen LogP contribution is -2.46. The van der Waals surface area contributed by atoms with Crippen LogP contribution in [-0.2, 0) is 9.53 Å². The van der Waals surface area contributed by atoms with Crippen molar-refractivity contribution in [3.63, 3.8) is 0 Å². The van der Waals surface area contributed by atoms with Gasteiger partial charge in [0.2, 0.25) is 5.91 Å². The fraction of sp³-hybridized carbons (Fsp3) is 0.654. The number of hydrogen-bond acceptors (Lipinski definition) is 4. The maximum atomic E-state index is 13.0. The summed E-state index contributed by atoms with van der Waals surface area (Å²) in [7, 11) is 1.75. The van der Waals surface area contributed by atoms with Crippen LogP contribution in [0, 0.1) is 5.92 Å². The number of ether oxygens (including phenoxy) is 1. The number of imidazole rings is 1. The summed E-state index contributed by atoms with van der Waals surface area (Å²) in [5, 5.41) is 0. The number of fused-ring (bicyclic) bond motifs is 1. The molecule has 180 valence electrons. The number of nitrogens with one attached hydrogen (secondary N) is 1. The second-order valence-electron chi connectivity index (χ2n) is 10.2. The first kappa shape index (κ1) is 23.7. The van der Waals surface area contributed by atoms with Crippen molar-refractivity contribution in [2.75, 3.05) is 20.2 Å². The summed E-state index contributed by atoms with van der Waals surface area (Å²) in [6.07, 6.45) is 8.38. The lowest BCUT2D eigenvalue weighted by molar-refractivity contribution is -0.137. The third kappa shape index (κ3) is 5.24. The zero-order chi connectivity index (χ0) is 23.6. The van der Waals surface area contributed by atoms with E-state index in [2.05, 4.69) is 11.9 Å². The molecule has 1 aliphatic carbocycles. The molecule has 7 nitrogen and oxygen atoms in total. The number of carbonyl (C=O) groups is 2. The molecule has 0 bridgehead atoms. The van der Waals surface area contributed by atoms with E-state index in [1.54, 1.807) is 19.2 Å². The van der Waals surface area contributed by atoms with E-state index in [-0.39, 0.29) is 29.0 Å². The molecular weight excluding hydrogens is 418 g/mol. The van der Waals surface area contributed by atoms with E-state index in [1.165, 1.54) is 6.92 Å². The van der Waals surface area contributed by atoms with Crippen molar-refractivity contribution >= 4 is 22.7 Å². The Labute approximate surface area is 195 Å². The molecule has 2 atom stereocenters. The molecule has 2 unspecified atom stereocenters. The SMILES string of the molecule is COC1(C)CCN(C(=O)CC2CCCCC(n3c(=O)[nH]c4cc(C(C)=O)ccc43)CC2)CC1. The van der Waals surface area contributed by atoms with Gasteiger partial charge in [0.05, 0.1) is 16.6 Å². The fourth-order valence-corrected chi connectivity index (χ4v) is 5.51. The largest absolute Gasteiger partial charge is 0.378 e. The van der Waals surface area contributed by atoms with Gasteiger partial charge in [-0.2, -0.15) is 0 Å². The Morgan fingerprint density at radius 3 is 2.55 bits per heavy atom. The van der Waals surface area contributed by atoms with E-state index in [1.807, 2.05) is 15.5 Å². The first-order chi connectivity index (χ1) is 15.8. The van der Waals surface area contributed by atoms with Crippen LogP contribution in [0.3, 0.4) is 0 Å². The van der Waals surface area contributed by atoms with Crippen molar-refractivity contribution in [3.05, 3.63) is 34.2 Å². The van der Waals surface area contributed by atoms with E-state index < -0.39 is 0 Å². The topological polar surface area (TPSA) is 84.4 Å². The maximum Gasteiger partial charge on any atom is 0.326 e. The van der Waals surface area contributed by atoms with Crippen LogP contribution in [0.25, 0.3) is 11.0 Å². The molecule has 7 heteroatoms. The highest BCUT2D eigenvalue weighted by molar-refractivity contribution is 5.97. The lowest BCUT2D eigenvalue weighted by Gasteiger charge is -2.39.